The van der Waals surface area contributed by atoms with Crippen LogP contribution in [-0.4, -0.2) is 42.7 Å². The summed E-state index contributed by atoms with van der Waals surface area (Å²) in [7, 11) is 0. The van der Waals surface area contributed by atoms with Gasteiger partial charge in [-0.3, -0.25) is 4.90 Å². The topological polar surface area (TPSA) is 41.3 Å². The summed E-state index contributed by atoms with van der Waals surface area (Å²) in [5.41, 5.74) is 6.46. The highest BCUT2D eigenvalue weighted by molar-refractivity contribution is 5.04. The zero-order valence-corrected chi connectivity index (χ0v) is 8.55. The van der Waals surface area contributed by atoms with Gasteiger partial charge >= 0.3 is 0 Å². The van der Waals surface area contributed by atoms with Crippen molar-refractivity contribution in [3.63, 3.8) is 0 Å². The normalized spacial score (nSPS) is 30.9. The Morgan fingerprint density at radius 2 is 1.92 bits per heavy atom. The van der Waals surface area contributed by atoms with Crippen molar-refractivity contribution in [2.24, 2.45) is 5.73 Å². The second-order valence-electron chi connectivity index (χ2n) is 4.48. The predicted octanol–water partition coefficient (Wildman–Crippen LogP) is 0.162. The molecule has 1 aliphatic heterocycles. The van der Waals surface area contributed by atoms with Crippen LogP contribution in [0.25, 0.3) is 0 Å². The van der Waals surface area contributed by atoms with Crippen LogP contribution >= 0.6 is 0 Å². The Hall–Kier alpha value is -0.120. The van der Waals surface area contributed by atoms with Crippen molar-refractivity contribution in [2.75, 3.05) is 26.2 Å². The molecule has 3 nitrogen and oxygen atoms in total. The van der Waals surface area contributed by atoms with Crippen LogP contribution in [0.15, 0.2) is 0 Å². The molecule has 1 saturated heterocycles. The zero-order chi connectivity index (χ0) is 9.31. The van der Waals surface area contributed by atoms with E-state index in [9.17, 15) is 0 Å². The van der Waals surface area contributed by atoms with Gasteiger partial charge in [0, 0.05) is 37.8 Å². The lowest BCUT2D eigenvalue weighted by Crippen LogP contribution is -2.66. The van der Waals surface area contributed by atoms with Crippen molar-refractivity contribution >= 4 is 0 Å². The molecular weight excluding hydrogens is 162 g/mol. The number of nitrogens with one attached hydrogen (secondary N) is 1. The van der Waals surface area contributed by atoms with Crippen LogP contribution < -0.4 is 11.1 Å². The third-order valence-electron chi connectivity index (χ3n) is 3.81. The van der Waals surface area contributed by atoms with Crippen molar-refractivity contribution in [3.8, 4) is 0 Å². The lowest BCUT2D eigenvalue weighted by molar-refractivity contribution is -0.00938. The first-order valence-corrected chi connectivity index (χ1v) is 5.47. The van der Waals surface area contributed by atoms with Gasteiger partial charge in [-0.15, -0.1) is 0 Å². The van der Waals surface area contributed by atoms with E-state index in [0.717, 1.165) is 13.1 Å². The van der Waals surface area contributed by atoms with E-state index in [1.165, 1.54) is 32.4 Å². The fraction of sp³-hybridized carbons (Fsp3) is 1.00. The van der Waals surface area contributed by atoms with Crippen LogP contribution in [0.5, 0.6) is 0 Å². The number of rotatable bonds is 2. The molecule has 0 aromatic rings. The Labute approximate surface area is 80.7 Å². The predicted molar refractivity (Wildman–Crippen MR) is 54.7 cm³/mol. The van der Waals surface area contributed by atoms with E-state index in [-0.39, 0.29) is 0 Å². The van der Waals surface area contributed by atoms with Gasteiger partial charge in [0.2, 0.25) is 0 Å². The Morgan fingerprint density at radius 1 is 1.31 bits per heavy atom. The van der Waals surface area contributed by atoms with Gasteiger partial charge in [0.05, 0.1) is 0 Å². The molecule has 2 aliphatic rings. The maximum atomic E-state index is 6.10. The standard InChI is InChI=1S/C10H21N3/c1-9(11)10(3-2-4-10)13-7-5-12-6-8-13/h9,12H,2-8,11H2,1H3. The molecule has 0 aromatic heterocycles. The summed E-state index contributed by atoms with van der Waals surface area (Å²) in [4.78, 5) is 2.61. The van der Waals surface area contributed by atoms with Gasteiger partial charge in [0.25, 0.3) is 0 Å². The van der Waals surface area contributed by atoms with Crippen molar-refractivity contribution in [1.82, 2.24) is 10.2 Å². The van der Waals surface area contributed by atoms with Crippen molar-refractivity contribution in [1.29, 1.82) is 0 Å². The molecule has 3 N–H and O–H groups in total. The average molecular weight is 183 g/mol. The summed E-state index contributed by atoms with van der Waals surface area (Å²) in [6, 6.07) is 0.333. The van der Waals surface area contributed by atoms with Crippen LogP contribution in [0.3, 0.4) is 0 Å². The SMILES string of the molecule is CC(N)C1(N2CCNCC2)CCC1. The second-order valence-corrected chi connectivity index (χ2v) is 4.48. The van der Waals surface area contributed by atoms with Crippen LogP contribution in [0, 0.1) is 0 Å². The second kappa shape index (κ2) is 3.56. The molecule has 1 saturated carbocycles. The van der Waals surface area contributed by atoms with E-state index in [0.29, 0.717) is 11.6 Å². The maximum Gasteiger partial charge on any atom is 0.0358 e. The smallest absolute Gasteiger partial charge is 0.0358 e. The molecule has 76 valence electrons. The zero-order valence-electron chi connectivity index (χ0n) is 8.55. The summed E-state index contributed by atoms with van der Waals surface area (Å²) >= 11 is 0. The molecule has 1 heterocycles. The van der Waals surface area contributed by atoms with E-state index in [4.69, 9.17) is 5.73 Å². The first kappa shape index (κ1) is 9.44. The van der Waals surface area contributed by atoms with Gasteiger partial charge < -0.3 is 11.1 Å². The molecule has 1 atom stereocenters. The van der Waals surface area contributed by atoms with Crippen molar-refractivity contribution in [3.05, 3.63) is 0 Å². The largest absolute Gasteiger partial charge is 0.326 e. The monoisotopic (exact) mass is 183 g/mol. The summed E-state index contributed by atoms with van der Waals surface area (Å²) in [5.74, 6) is 0. The number of nitrogens with two attached hydrogens (primary N) is 1. The van der Waals surface area contributed by atoms with E-state index in [1.807, 2.05) is 0 Å². The highest BCUT2D eigenvalue weighted by atomic mass is 15.3. The van der Waals surface area contributed by atoms with Crippen LogP contribution in [0.1, 0.15) is 26.2 Å². The van der Waals surface area contributed by atoms with E-state index in [1.54, 1.807) is 0 Å². The molecular formula is C10H21N3. The van der Waals surface area contributed by atoms with Crippen LogP contribution in [0.2, 0.25) is 0 Å². The molecule has 1 aliphatic carbocycles. The lowest BCUT2D eigenvalue weighted by Gasteiger charge is -2.54. The van der Waals surface area contributed by atoms with E-state index in [2.05, 4.69) is 17.1 Å². The van der Waals surface area contributed by atoms with E-state index < -0.39 is 0 Å². The number of hydrogen-bond acceptors (Lipinski definition) is 3. The van der Waals surface area contributed by atoms with Gasteiger partial charge in [-0.2, -0.15) is 0 Å². The van der Waals surface area contributed by atoms with Crippen molar-refractivity contribution in [2.45, 2.75) is 37.8 Å². The third-order valence-corrected chi connectivity index (χ3v) is 3.81. The molecule has 2 rings (SSSR count). The van der Waals surface area contributed by atoms with Gasteiger partial charge in [-0.1, -0.05) is 0 Å². The number of hydrogen-bond donors (Lipinski definition) is 2. The molecule has 1 unspecified atom stereocenters. The molecule has 0 amide bonds. The minimum atomic E-state index is 0.333. The van der Waals surface area contributed by atoms with Gasteiger partial charge in [0.15, 0.2) is 0 Å². The minimum absolute atomic E-state index is 0.333. The van der Waals surface area contributed by atoms with Gasteiger partial charge in [0.1, 0.15) is 0 Å². The summed E-state index contributed by atoms with van der Waals surface area (Å²) < 4.78 is 0. The van der Waals surface area contributed by atoms with Gasteiger partial charge in [-0.05, 0) is 26.2 Å². The number of nitrogens with zero attached hydrogens (tertiary/aromatic N) is 1. The Morgan fingerprint density at radius 3 is 2.31 bits per heavy atom. The first-order valence-electron chi connectivity index (χ1n) is 5.47. The summed E-state index contributed by atoms with van der Waals surface area (Å²) in [6.07, 6.45) is 3.99. The summed E-state index contributed by atoms with van der Waals surface area (Å²) in [5, 5.41) is 3.39. The van der Waals surface area contributed by atoms with Crippen LogP contribution in [0.4, 0.5) is 0 Å². The Kier molecular flexibility index (Phi) is 2.58. The molecule has 3 heteroatoms. The lowest BCUT2D eigenvalue weighted by atomic mass is 9.70. The molecule has 0 spiro atoms. The Balaban J connectivity index is 2.02. The van der Waals surface area contributed by atoms with E-state index >= 15 is 0 Å². The fourth-order valence-corrected chi connectivity index (χ4v) is 2.71. The first-order chi connectivity index (χ1) is 6.26. The van der Waals surface area contributed by atoms with Crippen molar-refractivity contribution < 1.29 is 0 Å². The average Bonchev–Trinajstić information content (AvgIpc) is 2.03. The molecule has 13 heavy (non-hydrogen) atoms. The van der Waals surface area contributed by atoms with Gasteiger partial charge in [-0.25, -0.2) is 0 Å². The van der Waals surface area contributed by atoms with Crippen LogP contribution in [-0.2, 0) is 0 Å². The molecule has 0 radical (unpaired) electrons. The third kappa shape index (κ3) is 1.49. The summed E-state index contributed by atoms with van der Waals surface area (Å²) in [6.45, 7) is 6.80. The maximum absolute atomic E-state index is 6.10. The molecule has 0 aromatic carbocycles. The fourth-order valence-electron chi connectivity index (χ4n) is 2.71. The highest BCUT2D eigenvalue weighted by Crippen LogP contribution is 2.39. The number of piperazine rings is 1. The minimum Gasteiger partial charge on any atom is -0.326 e. The highest BCUT2D eigenvalue weighted by Gasteiger charge is 2.45. The Bertz CT molecular complexity index is 169. The quantitative estimate of drug-likeness (QED) is 0.641. The molecule has 0 bridgehead atoms. The molecule has 2 fully saturated rings.